The zero-order valence-electron chi connectivity index (χ0n) is 8.59. The van der Waals surface area contributed by atoms with E-state index in [0.29, 0.717) is 17.5 Å². The second kappa shape index (κ2) is 5.11. The Balaban J connectivity index is 2.00. The number of anilines is 1. The number of nitrogens with one attached hydrogen (secondary N) is 1. The standard InChI is InChI=1S/C10H8ClN3O2S/c11-8-2-1-3-9(13-8)12-6-7-4-5-10(17-7)14(15)16/h1-5H,6H2,(H,12,13). The average molecular weight is 270 g/mol. The Morgan fingerprint density at radius 3 is 2.88 bits per heavy atom. The highest BCUT2D eigenvalue weighted by Crippen LogP contribution is 2.24. The van der Waals surface area contributed by atoms with E-state index in [1.807, 2.05) is 0 Å². The largest absolute Gasteiger partial charge is 0.365 e. The van der Waals surface area contributed by atoms with Crippen LogP contribution < -0.4 is 5.32 Å². The molecule has 2 rings (SSSR count). The predicted octanol–water partition coefficient (Wildman–Crippen LogP) is 3.32. The Morgan fingerprint density at radius 1 is 1.41 bits per heavy atom. The number of thiophene rings is 1. The van der Waals surface area contributed by atoms with Gasteiger partial charge in [-0.2, -0.15) is 0 Å². The first-order chi connectivity index (χ1) is 8.15. The van der Waals surface area contributed by atoms with Gasteiger partial charge in [-0.05, 0) is 18.2 Å². The molecule has 88 valence electrons. The van der Waals surface area contributed by atoms with E-state index >= 15 is 0 Å². The van der Waals surface area contributed by atoms with Gasteiger partial charge in [0, 0.05) is 10.9 Å². The van der Waals surface area contributed by atoms with Crippen LogP contribution in [0.3, 0.4) is 0 Å². The number of nitrogens with zero attached hydrogens (tertiary/aromatic N) is 2. The topological polar surface area (TPSA) is 68.1 Å². The normalized spacial score (nSPS) is 10.2. The van der Waals surface area contributed by atoms with Gasteiger partial charge in [0.15, 0.2) is 0 Å². The van der Waals surface area contributed by atoms with Crippen molar-refractivity contribution < 1.29 is 4.92 Å². The van der Waals surface area contributed by atoms with Crippen molar-refractivity contribution >= 4 is 33.8 Å². The molecule has 0 spiro atoms. The van der Waals surface area contributed by atoms with Crippen molar-refractivity contribution in [2.45, 2.75) is 6.54 Å². The molecule has 0 saturated heterocycles. The molecular formula is C10H8ClN3O2S. The molecule has 0 fully saturated rings. The fraction of sp³-hybridized carbons (Fsp3) is 0.100. The highest BCUT2D eigenvalue weighted by molar-refractivity contribution is 7.15. The van der Waals surface area contributed by atoms with Crippen molar-refractivity contribution in [2.24, 2.45) is 0 Å². The van der Waals surface area contributed by atoms with Crippen molar-refractivity contribution in [3.63, 3.8) is 0 Å². The van der Waals surface area contributed by atoms with E-state index in [1.54, 1.807) is 24.3 Å². The van der Waals surface area contributed by atoms with E-state index in [-0.39, 0.29) is 5.00 Å². The van der Waals surface area contributed by atoms with Crippen LogP contribution in [0.5, 0.6) is 0 Å². The number of hydrogen-bond donors (Lipinski definition) is 1. The van der Waals surface area contributed by atoms with Crippen LogP contribution in [-0.4, -0.2) is 9.91 Å². The zero-order valence-corrected chi connectivity index (χ0v) is 10.2. The molecule has 0 atom stereocenters. The molecule has 7 heteroatoms. The van der Waals surface area contributed by atoms with Crippen LogP contribution in [0.15, 0.2) is 30.3 Å². The summed E-state index contributed by atoms with van der Waals surface area (Å²) in [7, 11) is 0. The van der Waals surface area contributed by atoms with E-state index in [1.165, 1.54) is 6.07 Å². The van der Waals surface area contributed by atoms with Crippen LogP contribution in [0.25, 0.3) is 0 Å². The Kier molecular flexibility index (Phi) is 3.55. The van der Waals surface area contributed by atoms with E-state index < -0.39 is 4.92 Å². The predicted molar refractivity (Wildman–Crippen MR) is 67.5 cm³/mol. The van der Waals surface area contributed by atoms with Gasteiger partial charge < -0.3 is 5.32 Å². The summed E-state index contributed by atoms with van der Waals surface area (Å²) in [6.07, 6.45) is 0. The fourth-order valence-corrected chi connectivity index (χ4v) is 2.17. The summed E-state index contributed by atoms with van der Waals surface area (Å²) < 4.78 is 0. The highest BCUT2D eigenvalue weighted by Gasteiger charge is 2.09. The van der Waals surface area contributed by atoms with Gasteiger partial charge in [-0.25, -0.2) is 4.98 Å². The lowest BCUT2D eigenvalue weighted by Crippen LogP contribution is -1.99. The second-order valence-electron chi connectivity index (χ2n) is 3.20. The molecule has 0 unspecified atom stereocenters. The first-order valence-electron chi connectivity index (χ1n) is 4.75. The lowest BCUT2D eigenvalue weighted by molar-refractivity contribution is -0.380. The molecule has 2 aromatic rings. The van der Waals surface area contributed by atoms with E-state index in [0.717, 1.165) is 16.2 Å². The third-order valence-corrected chi connectivity index (χ3v) is 3.23. The number of halogens is 1. The molecule has 0 aromatic carbocycles. The molecule has 0 bridgehead atoms. The quantitative estimate of drug-likeness (QED) is 0.525. The maximum atomic E-state index is 10.5. The van der Waals surface area contributed by atoms with Crippen molar-refractivity contribution in [3.05, 3.63) is 50.5 Å². The molecule has 0 amide bonds. The molecular weight excluding hydrogens is 262 g/mol. The third-order valence-electron chi connectivity index (χ3n) is 1.99. The summed E-state index contributed by atoms with van der Waals surface area (Å²) in [5.41, 5.74) is 0. The van der Waals surface area contributed by atoms with Gasteiger partial charge in [-0.3, -0.25) is 10.1 Å². The van der Waals surface area contributed by atoms with Crippen LogP contribution in [0, 0.1) is 10.1 Å². The Labute approximate surface area is 106 Å². The third kappa shape index (κ3) is 3.15. The van der Waals surface area contributed by atoms with E-state index in [9.17, 15) is 10.1 Å². The minimum Gasteiger partial charge on any atom is -0.365 e. The van der Waals surface area contributed by atoms with Crippen molar-refractivity contribution in [1.29, 1.82) is 0 Å². The molecule has 0 aliphatic rings. The van der Waals surface area contributed by atoms with Gasteiger partial charge in [0.25, 0.3) is 0 Å². The molecule has 0 saturated carbocycles. The van der Waals surface area contributed by atoms with Gasteiger partial charge in [0.1, 0.15) is 11.0 Å². The zero-order chi connectivity index (χ0) is 12.3. The first-order valence-corrected chi connectivity index (χ1v) is 5.94. The molecule has 2 aromatic heterocycles. The summed E-state index contributed by atoms with van der Waals surface area (Å²) in [6.45, 7) is 0.492. The van der Waals surface area contributed by atoms with Gasteiger partial charge in [-0.1, -0.05) is 29.0 Å². The first kappa shape index (κ1) is 11.8. The maximum Gasteiger partial charge on any atom is 0.324 e. The molecule has 0 radical (unpaired) electrons. The molecule has 1 N–H and O–H groups in total. The van der Waals surface area contributed by atoms with Gasteiger partial charge in [-0.15, -0.1) is 0 Å². The minimum absolute atomic E-state index is 0.140. The molecule has 17 heavy (non-hydrogen) atoms. The van der Waals surface area contributed by atoms with Gasteiger partial charge >= 0.3 is 5.00 Å². The molecule has 5 nitrogen and oxygen atoms in total. The van der Waals surface area contributed by atoms with Crippen LogP contribution >= 0.6 is 22.9 Å². The monoisotopic (exact) mass is 269 g/mol. The second-order valence-corrected chi connectivity index (χ2v) is 4.73. The van der Waals surface area contributed by atoms with Crippen LogP contribution in [0.4, 0.5) is 10.8 Å². The summed E-state index contributed by atoms with van der Waals surface area (Å²) in [4.78, 5) is 15.0. The summed E-state index contributed by atoms with van der Waals surface area (Å²) in [5.74, 6) is 0.647. The van der Waals surface area contributed by atoms with Crippen LogP contribution in [0.1, 0.15) is 4.88 Å². The van der Waals surface area contributed by atoms with Crippen molar-refractivity contribution in [1.82, 2.24) is 4.98 Å². The number of pyridine rings is 1. The number of aromatic nitrogens is 1. The maximum absolute atomic E-state index is 10.5. The number of nitro groups is 1. The summed E-state index contributed by atoms with van der Waals surface area (Å²) in [5, 5.41) is 14.1. The number of rotatable bonds is 4. The summed E-state index contributed by atoms with van der Waals surface area (Å²) in [6, 6.07) is 8.47. The molecule has 0 aliphatic heterocycles. The van der Waals surface area contributed by atoms with E-state index in [2.05, 4.69) is 10.3 Å². The lowest BCUT2D eigenvalue weighted by atomic mass is 10.4. The Morgan fingerprint density at radius 2 is 2.24 bits per heavy atom. The number of hydrogen-bond acceptors (Lipinski definition) is 5. The van der Waals surface area contributed by atoms with Gasteiger partial charge in [0.2, 0.25) is 0 Å². The summed E-state index contributed by atoms with van der Waals surface area (Å²) >= 11 is 6.88. The molecule has 0 aliphatic carbocycles. The fourth-order valence-electron chi connectivity index (χ4n) is 1.24. The highest BCUT2D eigenvalue weighted by atomic mass is 35.5. The smallest absolute Gasteiger partial charge is 0.324 e. The average Bonchev–Trinajstić information content (AvgIpc) is 2.75. The van der Waals surface area contributed by atoms with Crippen molar-refractivity contribution in [3.8, 4) is 0 Å². The lowest BCUT2D eigenvalue weighted by Gasteiger charge is -2.02. The molecule has 2 heterocycles. The van der Waals surface area contributed by atoms with Crippen LogP contribution in [0.2, 0.25) is 5.15 Å². The van der Waals surface area contributed by atoms with Crippen LogP contribution in [-0.2, 0) is 6.54 Å². The van der Waals surface area contributed by atoms with Crippen molar-refractivity contribution in [2.75, 3.05) is 5.32 Å². The van der Waals surface area contributed by atoms with E-state index in [4.69, 9.17) is 11.6 Å². The Bertz CT molecular complexity index is 544. The Hall–Kier alpha value is -1.66. The van der Waals surface area contributed by atoms with Gasteiger partial charge in [0.05, 0.1) is 11.5 Å². The minimum atomic E-state index is -0.397. The SMILES string of the molecule is O=[N+]([O-])c1ccc(CNc2cccc(Cl)n2)s1.